The van der Waals surface area contributed by atoms with Crippen molar-refractivity contribution in [3.05, 3.63) is 22.4 Å². The maximum atomic E-state index is 12.1. The van der Waals surface area contributed by atoms with Crippen LogP contribution >= 0.6 is 11.3 Å². The van der Waals surface area contributed by atoms with E-state index in [2.05, 4.69) is 6.07 Å². The molecule has 110 valence electrons. The fourth-order valence-corrected chi connectivity index (χ4v) is 3.13. The van der Waals surface area contributed by atoms with Crippen molar-refractivity contribution in [1.29, 1.82) is 0 Å². The van der Waals surface area contributed by atoms with Gasteiger partial charge in [-0.1, -0.05) is 13.0 Å². The van der Waals surface area contributed by atoms with Crippen LogP contribution in [0.25, 0.3) is 0 Å². The number of hydrogen-bond acceptors (Lipinski definition) is 3. The summed E-state index contributed by atoms with van der Waals surface area (Å²) in [5.74, 6) is 0.430. The van der Waals surface area contributed by atoms with Crippen molar-refractivity contribution < 1.29 is 9.59 Å². The van der Waals surface area contributed by atoms with Crippen LogP contribution in [0.15, 0.2) is 17.5 Å². The third-order valence-corrected chi connectivity index (χ3v) is 4.55. The highest BCUT2D eigenvalue weighted by Gasteiger charge is 2.23. The number of amides is 2. The molecule has 1 aliphatic rings. The summed E-state index contributed by atoms with van der Waals surface area (Å²) in [4.78, 5) is 28.9. The molecule has 0 spiro atoms. The molecule has 1 aromatic rings. The summed E-state index contributed by atoms with van der Waals surface area (Å²) >= 11 is 1.70. The van der Waals surface area contributed by atoms with Crippen LogP contribution in [0.5, 0.6) is 0 Å². The lowest BCUT2D eigenvalue weighted by Gasteiger charge is -2.34. The van der Waals surface area contributed by atoms with Crippen LogP contribution in [0.2, 0.25) is 0 Å². The second-order valence-electron chi connectivity index (χ2n) is 5.09. The number of aryl methyl sites for hydroxylation is 1. The van der Waals surface area contributed by atoms with E-state index in [9.17, 15) is 9.59 Å². The molecule has 0 aromatic carbocycles. The van der Waals surface area contributed by atoms with Gasteiger partial charge in [-0.2, -0.15) is 0 Å². The van der Waals surface area contributed by atoms with Crippen LogP contribution < -0.4 is 0 Å². The molecule has 0 N–H and O–H groups in total. The first-order chi connectivity index (χ1) is 9.70. The zero-order valence-corrected chi connectivity index (χ0v) is 12.8. The van der Waals surface area contributed by atoms with E-state index in [4.69, 9.17) is 0 Å². The fourth-order valence-electron chi connectivity index (χ4n) is 2.42. The summed E-state index contributed by atoms with van der Waals surface area (Å²) < 4.78 is 0. The van der Waals surface area contributed by atoms with Gasteiger partial charge < -0.3 is 9.80 Å². The number of rotatable bonds is 5. The molecule has 1 aliphatic heterocycles. The lowest BCUT2D eigenvalue weighted by Crippen LogP contribution is -2.50. The summed E-state index contributed by atoms with van der Waals surface area (Å²) in [5.41, 5.74) is 0. The van der Waals surface area contributed by atoms with Crippen molar-refractivity contribution in [3.63, 3.8) is 0 Å². The second-order valence-corrected chi connectivity index (χ2v) is 6.12. The number of thiophene rings is 1. The molecule has 4 nitrogen and oxygen atoms in total. The van der Waals surface area contributed by atoms with Crippen LogP contribution in [-0.2, 0) is 16.0 Å². The smallest absolute Gasteiger partial charge is 0.223 e. The van der Waals surface area contributed by atoms with Crippen molar-refractivity contribution in [2.24, 2.45) is 0 Å². The Hall–Kier alpha value is -1.36. The Bertz CT molecular complexity index is 437. The van der Waals surface area contributed by atoms with Crippen molar-refractivity contribution in [1.82, 2.24) is 9.80 Å². The zero-order valence-electron chi connectivity index (χ0n) is 12.0. The molecule has 5 heteroatoms. The molecule has 0 saturated carbocycles. The van der Waals surface area contributed by atoms with E-state index >= 15 is 0 Å². The molecule has 0 atom stereocenters. The number of carbonyl (C=O) groups excluding carboxylic acids is 2. The van der Waals surface area contributed by atoms with Gasteiger partial charge in [-0.3, -0.25) is 9.59 Å². The Labute approximate surface area is 124 Å². The average molecular weight is 294 g/mol. The predicted octanol–water partition coefficient (Wildman–Crippen LogP) is 2.15. The topological polar surface area (TPSA) is 40.6 Å². The van der Waals surface area contributed by atoms with E-state index < -0.39 is 0 Å². The normalized spacial score (nSPS) is 15.4. The molecular weight excluding hydrogens is 272 g/mol. The van der Waals surface area contributed by atoms with Gasteiger partial charge >= 0.3 is 0 Å². The van der Waals surface area contributed by atoms with Gasteiger partial charge in [0.2, 0.25) is 11.8 Å². The fraction of sp³-hybridized carbons (Fsp3) is 0.600. The summed E-state index contributed by atoms with van der Waals surface area (Å²) in [6.07, 6.45) is 2.90. The van der Waals surface area contributed by atoms with Gasteiger partial charge in [0, 0.05) is 43.9 Å². The first-order valence-electron chi connectivity index (χ1n) is 7.28. The molecule has 2 amide bonds. The van der Waals surface area contributed by atoms with E-state index in [0.717, 1.165) is 12.8 Å². The molecular formula is C15H22N2O2S. The minimum absolute atomic E-state index is 0.209. The lowest BCUT2D eigenvalue weighted by molar-refractivity contribution is -0.139. The van der Waals surface area contributed by atoms with Crippen LogP contribution in [0.3, 0.4) is 0 Å². The summed E-state index contributed by atoms with van der Waals surface area (Å²) in [7, 11) is 0. The number of carbonyl (C=O) groups is 2. The number of nitrogens with zero attached hydrogens (tertiary/aromatic N) is 2. The Morgan fingerprint density at radius 1 is 1.10 bits per heavy atom. The summed E-state index contributed by atoms with van der Waals surface area (Å²) in [6, 6.07) is 4.09. The van der Waals surface area contributed by atoms with Crippen LogP contribution in [0.1, 0.15) is 31.1 Å². The van der Waals surface area contributed by atoms with Crippen molar-refractivity contribution in [2.75, 3.05) is 26.2 Å². The van der Waals surface area contributed by atoms with Crippen LogP contribution in [0, 0.1) is 0 Å². The molecule has 0 unspecified atom stereocenters. The molecule has 1 fully saturated rings. The van der Waals surface area contributed by atoms with Gasteiger partial charge in [0.1, 0.15) is 0 Å². The van der Waals surface area contributed by atoms with Gasteiger partial charge in [0.25, 0.3) is 0 Å². The quantitative estimate of drug-likeness (QED) is 0.835. The molecule has 0 radical (unpaired) electrons. The highest BCUT2D eigenvalue weighted by Crippen LogP contribution is 2.13. The second kappa shape index (κ2) is 7.43. The minimum Gasteiger partial charge on any atom is -0.339 e. The Morgan fingerprint density at radius 3 is 2.20 bits per heavy atom. The van der Waals surface area contributed by atoms with Crippen molar-refractivity contribution in [2.45, 2.75) is 32.6 Å². The Morgan fingerprint density at radius 2 is 1.70 bits per heavy atom. The van der Waals surface area contributed by atoms with Crippen molar-refractivity contribution in [3.8, 4) is 0 Å². The standard InChI is InChI=1S/C15H22N2O2S/c1-2-4-14(18)16-8-10-17(11-9-16)15(19)7-6-13-5-3-12-20-13/h3,5,12H,2,4,6-11H2,1H3. The van der Waals surface area contributed by atoms with Crippen LogP contribution in [-0.4, -0.2) is 47.8 Å². The molecule has 2 rings (SSSR count). The zero-order chi connectivity index (χ0) is 14.4. The monoisotopic (exact) mass is 294 g/mol. The van der Waals surface area contributed by atoms with Gasteiger partial charge in [-0.15, -0.1) is 11.3 Å². The molecule has 0 bridgehead atoms. The largest absolute Gasteiger partial charge is 0.339 e. The van der Waals surface area contributed by atoms with E-state index in [1.54, 1.807) is 11.3 Å². The number of piperazine rings is 1. The Kier molecular flexibility index (Phi) is 5.59. The third kappa shape index (κ3) is 4.07. The highest BCUT2D eigenvalue weighted by molar-refractivity contribution is 7.09. The van der Waals surface area contributed by atoms with Gasteiger partial charge in [-0.05, 0) is 24.3 Å². The first kappa shape index (κ1) is 15.0. The van der Waals surface area contributed by atoms with Crippen molar-refractivity contribution >= 4 is 23.2 Å². The van der Waals surface area contributed by atoms with Gasteiger partial charge in [-0.25, -0.2) is 0 Å². The van der Waals surface area contributed by atoms with E-state index in [1.807, 2.05) is 28.2 Å². The van der Waals surface area contributed by atoms with E-state index in [-0.39, 0.29) is 11.8 Å². The molecule has 20 heavy (non-hydrogen) atoms. The summed E-state index contributed by atoms with van der Waals surface area (Å²) in [5, 5.41) is 2.04. The van der Waals surface area contributed by atoms with Gasteiger partial charge in [0.15, 0.2) is 0 Å². The lowest BCUT2D eigenvalue weighted by atomic mass is 10.2. The minimum atomic E-state index is 0.209. The maximum Gasteiger partial charge on any atom is 0.223 e. The van der Waals surface area contributed by atoms with Gasteiger partial charge in [0.05, 0.1) is 0 Å². The highest BCUT2D eigenvalue weighted by atomic mass is 32.1. The molecule has 1 saturated heterocycles. The number of hydrogen-bond donors (Lipinski definition) is 0. The molecule has 2 heterocycles. The SMILES string of the molecule is CCCC(=O)N1CCN(C(=O)CCc2cccs2)CC1. The molecule has 0 aliphatic carbocycles. The molecule has 1 aromatic heterocycles. The van der Waals surface area contributed by atoms with E-state index in [1.165, 1.54) is 4.88 Å². The summed E-state index contributed by atoms with van der Waals surface area (Å²) in [6.45, 7) is 4.74. The average Bonchev–Trinajstić information content (AvgIpc) is 2.98. The first-order valence-corrected chi connectivity index (χ1v) is 8.16. The van der Waals surface area contributed by atoms with E-state index in [0.29, 0.717) is 39.0 Å². The Balaban J connectivity index is 1.73. The predicted molar refractivity (Wildman–Crippen MR) is 80.7 cm³/mol. The van der Waals surface area contributed by atoms with Crippen LogP contribution in [0.4, 0.5) is 0 Å². The third-order valence-electron chi connectivity index (χ3n) is 3.61. The maximum absolute atomic E-state index is 12.1.